The first-order valence-corrected chi connectivity index (χ1v) is 7.54. The number of halogens is 1. The quantitative estimate of drug-likeness (QED) is 0.845. The van der Waals surface area contributed by atoms with Gasteiger partial charge in [0.25, 0.3) is 0 Å². The van der Waals surface area contributed by atoms with Gasteiger partial charge in [-0.15, -0.1) is 0 Å². The smallest absolute Gasteiger partial charge is 0.245 e. The lowest BCUT2D eigenvalue weighted by atomic mass is 10.4. The zero-order chi connectivity index (χ0) is 13.9. The van der Waals surface area contributed by atoms with Crippen LogP contribution in [0.5, 0.6) is 0 Å². The molecule has 0 fully saturated rings. The first-order chi connectivity index (χ1) is 8.26. The maximum absolute atomic E-state index is 12.5. The fraction of sp³-hybridized carbons (Fsp3) is 0.364. The summed E-state index contributed by atoms with van der Waals surface area (Å²) in [5.41, 5.74) is 5.44. The second-order valence-electron chi connectivity index (χ2n) is 4.04. The maximum atomic E-state index is 12.5. The van der Waals surface area contributed by atoms with Crippen molar-refractivity contribution in [1.29, 1.82) is 0 Å². The molecule has 0 radical (unpaired) electrons. The number of thiocarbonyl (C=S) groups is 1. The Labute approximate surface area is 118 Å². The average Bonchev–Trinajstić information content (AvgIpc) is 2.25. The number of hydrogen-bond acceptors (Lipinski definition) is 3. The van der Waals surface area contributed by atoms with Gasteiger partial charge in [-0.05, 0) is 26.0 Å². The molecule has 0 saturated carbocycles. The fourth-order valence-corrected chi connectivity index (χ4v) is 3.81. The first kappa shape index (κ1) is 15.4. The number of rotatable bonds is 5. The Kier molecular flexibility index (Phi) is 5.10. The molecule has 18 heavy (non-hydrogen) atoms. The molecule has 0 aliphatic carbocycles. The molecule has 0 unspecified atom stereocenters. The van der Waals surface area contributed by atoms with E-state index in [-0.39, 0.29) is 27.5 Å². The van der Waals surface area contributed by atoms with Crippen LogP contribution >= 0.6 is 23.8 Å². The Morgan fingerprint density at radius 1 is 1.44 bits per heavy atom. The van der Waals surface area contributed by atoms with Gasteiger partial charge in [-0.25, -0.2) is 8.42 Å². The second kappa shape index (κ2) is 5.97. The molecule has 0 saturated heterocycles. The molecule has 7 heteroatoms. The van der Waals surface area contributed by atoms with Gasteiger partial charge in [0.15, 0.2) is 0 Å². The van der Waals surface area contributed by atoms with Gasteiger partial charge in [0.05, 0.1) is 16.6 Å². The zero-order valence-electron chi connectivity index (χ0n) is 10.1. The van der Waals surface area contributed by atoms with E-state index in [2.05, 4.69) is 0 Å². The number of nitrogens with zero attached hydrogens (tertiary/aromatic N) is 1. The number of benzene rings is 1. The van der Waals surface area contributed by atoms with E-state index < -0.39 is 10.0 Å². The minimum Gasteiger partial charge on any atom is -0.392 e. The highest BCUT2D eigenvalue weighted by molar-refractivity contribution is 7.89. The van der Waals surface area contributed by atoms with E-state index >= 15 is 0 Å². The first-order valence-electron chi connectivity index (χ1n) is 5.31. The van der Waals surface area contributed by atoms with Crippen LogP contribution in [0.4, 0.5) is 0 Å². The third kappa shape index (κ3) is 3.41. The summed E-state index contributed by atoms with van der Waals surface area (Å²) < 4.78 is 26.1. The molecule has 100 valence electrons. The minimum absolute atomic E-state index is 0.000552. The van der Waals surface area contributed by atoms with Crippen molar-refractivity contribution in [2.24, 2.45) is 5.73 Å². The highest BCUT2D eigenvalue weighted by atomic mass is 35.5. The van der Waals surface area contributed by atoms with E-state index in [1.807, 2.05) is 0 Å². The van der Waals surface area contributed by atoms with Crippen LogP contribution in [-0.2, 0) is 10.0 Å². The molecule has 0 aliphatic heterocycles. The molecule has 0 aromatic heterocycles. The summed E-state index contributed by atoms with van der Waals surface area (Å²) in [6.07, 6.45) is 0. The molecule has 0 heterocycles. The van der Waals surface area contributed by atoms with Gasteiger partial charge < -0.3 is 5.73 Å². The number of nitrogens with two attached hydrogens (primary N) is 1. The predicted molar refractivity (Wildman–Crippen MR) is 77.3 cm³/mol. The lowest BCUT2D eigenvalue weighted by molar-refractivity contribution is 0.391. The Morgan fingerprint density at radius 2 is 2.00 bits per heavy atom. The summed E-state index contributed by atoms with van der Waals surface area (Å²) in [4.78, 5) is 0.191. The van der Waals surface area contributed by atoms with Gasteiger partial charge in [-0.1, -0.05) is 36.0 Å². The summed E-state index contributed by atoms with van der Waals surface area (Å²) in [6.45, 7) is 3.51. The Bertz CT molecular complexity index is 544. The molecule has 1 rings (SSSR count). The van der Waals surface area contributed by atoms with E-state index in [0.717, 1.165) is 0 Å². The van der Waals surface area contributed by atoms with Crippen LogP contribution < -0.4 is 5.73 Å². The van der Waals surface area contributed by atoms with Gasteiger partial charge >= 0.3 is 0 Å². The van der Waals surface area contributed by atoms with Crippen molar-refractivity contribution >= 4 is 38.8 Å². The predicted octanol–water partition coefficient (Wildman–Crippen LogP) is 2.03. The molecule has 1 aromatic carbocycles. The van der Waals surface area contributed by atoms with E-state index in [1.165, 1.54) is 16.4 Å². The summed E-state index contributed by atoms with van der Waals surface area (Å²) in [5, 5.41) is 0.186. The molecule has 0 aliphatic rings. The Balaban J connectivity index is 3.26. The van der Waals surface area contributed by atoms with E-state index in [9.17, 15) is 8.42 Å². The van der Waals surface area contributed by atoms with Crippen molar-refractivity contribution in [2.75, 3.05) is 6.54 Å². The van der Waals surface area contributed by atoms with Crippen LogP contribution in [0.3, 0.4) is 0 Å². The van der Waals surface area contributed by atoms with E-state index in [1.54, 1.807) is 26.0 Å². The van der Waals surface area contributed by atoms with Crippen molar-refractivity contribution in [1.82, 2.24) is 4.31 Å². The summed E-state index contributed by atoms with van der Waals surface area (Å²) in [7, 11) is -3.69. The summed E-state index contributed by atoms with van der Waals surface area (Å²) in [6, 6.07) is 6.04. The standard InChI is InChI=1S/C11H15ClN2O2S2/c1-8(2)14(7-11(13)17)18(15,16)10-6-4-3-5-9(10)12/h3-6,8H,7H2,1-2H3,(H2,13,17). The monoisotopic (exact) mass is 306 g/mol. The topological polar surface area (TPSA) is 63.4 Å². The van der Waals surface area contributed by atoms with Crippen molar-refractivity contribution in [3.63, 3.8) is 0 Å². The van der Waals surface area contributed by atoms with Gasteiger partial charge in [-0.3, -0.25) is 0 Å². The molecule has 0 bridgehead atoms. The number of sulfonamides is 1. The van der Waals surface area contributed by atoms with Crippen LogP contribution in [0, 0.1) is 0 Å². The Morgan fingerprint density at radius 3 is 2.44 bits per heavy atom. The normalized spacial score (nSPS) is 12.1. The Hall–Kier alpha value is -0.690. The van der Waals surface area contributed by atoms with Gasteiger partial charge in [-0.2, -0.15) is 4.31 Å². The highest BCUT2D eigenvalue weighted by Crippen LogP contribution is 2.25. The van der Waals surface area contributed by atoms with Crippen molar-refractivity contribution in [3.05, 3.63) is 29.3 Å². The molecule has 0 amide bonds. The summed E-state index contributed by atoms with van der Waals surface area (Å²) in [5.74, 6) is 0. The van der Waals surface area contributed by atoms with Gasteiger partial charge in [0, 0.05) is 6.04 Å². The van der Waals surface area contributed by atoms with Crippen molar-refractivity contribution in [2.45, 2.75) is 24.8 Å². The van der Waals surface area contributed by atoms with E-state index in [4.69, 9.17) is 29.6 Å². The molecule has 2 N–H and O–H groups in total. The molecular weight excluding hydrogens is 292 g/mol. The van der Waals surface area contributed by atoms with Crippen molar-refractivity contribution < 1.29 is 8.42 Å². The van der Waals surface area contributed by atoms with Crippen LogP contribution in [-0.4, -0.2) is 30.3 Å². The minimum atomic E-state index is -3.69. The molecule has 0 atom stereocenters. The zero-order valence-corrected chi connectivity index (χ0v) is 12.5. The summed E-state index contributed by atoms with van der Waals surface area (Å²) >= 11 is 10.7. The van der Waals surface area contributed by atoms with Crippen LogP contribution in [0.25, 0.3) is 0 Å². The van der Waals surface area contributed by atoms with E-state index in [0.29, 0.717) is 0 Å². The van der Waals surface area contributed by atoms with Gasteiger partial charge in [0.2, 0.25) is 10.0 Å². The average molecular weight is 307 g/mol. The highest BCUT2D eigenvalue weighted by Gasteiger charge is 2.29. The molecule has 0 spiro atoms. The molecule has 1 aromatic rings. The maximum Gasteiger partial charge on any atom is 0.245 e. The SMILES string of the molecule is CC(C)N(CC(N)=S)S(=O)(=O)c1ccccc1Cl. The largest absolute Gasteiger partial charge is 0.392 e. The van der Waals surface area contributed by atoms with Gasteiger partial charge in [0.1, 0.15) is 4.90 Å². The lowest BCUT2D eigenvalue weighted by Gasteiger charge is -2.25. The fourth-order valence-electron chi connectivity index (χ4n) is 1.48. The van der Waals surface area contributed by atoms with Crippen LogP contribution in [0.15, 0.2) is 29.2 Å². The number of hydrogen-bond donors (Lipinski definition) is 1. The third-order valence-electron chi connectivity index (χ3n) is 2.31. The van der Waals surface area contributed by atoms with Crippen molar-refractivity contribution in [3.8, 4) is 0 Å². The molecular formula is C11H15ClN2O2S2. The lowest BCUT2D eigenvalue weighted by Crippen LogP contribution is -2.42. The molecule has 4 nitrogen and oxygen atoms in total. The van der Waals surface area contributed by atoms with Crippen LogP contribution in [0.1, 0.15) is 13.8 Å². The van der Waals surface area contributed by atoms with Crippen LogP contribution in [0.2, 0.25) is 5.02 Å². The third-order valence-corrected chi connectivity index (χ3v) is 4.96. The second-order valence-corrected chi connectivity index (χ2v) is 6.83.